The van der Waals surface area contributed by atoms with E-state index in [9.17, 15) is 13.2 Å². The molecule has 2 atom stereocenters. The number of benzene rings is 2. The largest absolute Gasteiger partial charge is 0.345 e. The molecule has 1 amide bonds. The molecule has 1 unspecified atom stereocenters. The van der Waals surface area contributed by atoms with Crippen LogP contribution in [0.3, 0.4) is 0 Å². The first-order chi connectivity index (χ1) is 14.4. The van der Waals surface area contributed by atoms with Crippen LogP contribution in [0.4, 0.5) is 0 Å². The van der Waals surface area contributed by atoms with Gasteiger partial charge in [-0.1, -0.05) is 43.5 Å². The maximum absolute atomic E-state index is 12.9. The van der Waals surface area contributed by atoms with Gasteiger partial charge in [-0.25, -0.2) is 13.1 Å². The van der Waals surface area contributed by atoms with Gasteiger partial charge in [0.25, 0.3) is 5.91 Å². The van der Waals surface area contributed by atoms with Gasteiger partial charge in [0, 0.05) is 11.6 Å². The molecule has 2 aliphatic rings. The SMILES string of the molecule is CC(NS(=O)(=O)c1ccc2c(c1)CC[C@@H]2NC(=O)c1ccccc1)C1CCCCC1. The number of carbonyl (C=O) groups is 1. The summed E-state index contributed by atoms with van der Waals surface area (Å²) in [5, 5.41) is 3.08. The van der Waals surface area contributed by atoms with E-state index in [-0.39, 0.29) is 18.0 Å². The van der Waals surface area contributed by atoms with Crippen molar-refractivity contribution in [2.75, 3.05) is 0 Å². The van der Waals surface area contributed by atoms with Gasteiger partial charge in [0.1, 0.15) is 0 Å². The van der Waals surface area contributed by atoms with E-state index in [0.717, 1.165) is 36.8 Å². The summed E-state index contributed by atoms with van der Waals surface area (Å²) in [5.41, 5.74) is 2.64. The molecule has 160 valence electrons. The molecule has 2 N–H and O–H groups in total. The third-order valence-corrected chi connectivity index (χ3v) is 8.10. The van der Waals surface area contributed by atoms with Crippen molar-refractivity contribution in [3.63, 3.8) is 0 Å². The van der Waals surface area contributed by atoms with Crippen molar-refractivity contribution in [3.8, 4) is 0 Å². The Hall–Kier alpha value is -2.18. The van der Waals surface area contributed by atoms with Crippen LogP contribution in [0.1, 0.15) is 73.0 Å². The Morgan fingerprint density at radius 1 is 1.00 bits per heavy atom. The minimum absolute atomic E-state index is 0.0542. The van der Waals surface area contributed by atoms with E-state index in [1.165, 1.54) is 19.3 Å². The second-order valence-corrected chi connectivity index (χ2v) is 10.3. The summed E-state index contributed by atoms with van der Waals surface area (Å²) in [6.07, 6.45) is 7.35. The third kappa shape index (κ3) is 4.60. The van der Waals surface area contributed by atoms with Gasteiger partial charge in [-0.05, 0) is 73.9 Å². The minimum atomic E-state index is -3.55. The predicted molar refractivity (Wildman–Crippen MR) is 118 cm³/mol. The number of sulfonamides is 1. The average molecular weight is 427 g/mol. The molecule has 0 heterocycles. The minimum Gasteiger partial charge on any atom is -0.345 e. The molecule has 0 bridgehead atoms. The number of aryl methyl sites for hydroxylation is 1. The van der Waals surface area contributed by atoms with Crippen molar-refractivity contribution >= 4 is 15.9 Å². The number of fused-ring (bicyclic) bond motifs is 1. The van der Waals surface area contributed by atoms with Crippen molar-refractivity contribution in [2.24, 2.45) is 5.92 Å². The zero-order valence-corrected chi connectivity index (χ0v) is 18.3. The Morgan fingerprint density at radius 2 is 1.73 bits per heavy atom. The van der Waals surface area contributed by atoms with Crippen LogP contribution in [0.25, 0.3) is 0 Å². The monoisotopic (exact) mass is 426 g/mol. The summed E-state index contributed by atoms with van der Waals surface area (Å²) in [7, 11) is -3.55. The van der Waals surface area contributed by atoms with Crippen molar-refractivity contribution in [1.29, 1.82) is 0 Å². The Bertz CT molecular complexity index is 998. The zero-order valence-electron chi connectivity index (χ0n) is 17.4. The number of hydrogen-bond acceptors (Lipinski definition) is 3. The number of carbonyl (C=O) groups excluding carboxylic acids is 1. The van der Waals surface area contributed by atoms with Gasteiger partial charge < -0.3 is 5.32 Å². The summed E-state index contributed by atoms with van der Waals surface area (Å²) in [5.74, 6) is 0.314. The quantitative estimate of drug-likeness (QED) is 0.721. The molecule has 0 spiro atoms. The van der Waals surface area contributed by atoms with Crippen LogP contribution in [0.15, 0.2) is 53.4 Å². The van der Waals surface area contributed by atoms with Crippen LogP contribution in [0.5, 0.6) is 0 Å². The van der Waals surface area contributed by atoms with Crippen LogP contribution in [0, 0.1) is 5.92 Å². The molecule has 30 heavy (non-hydrogen) atoms. The van der Waals surface area contributed by atoms with Crippen LogP contribution < -0.4 is 10.0 Å². The Labute approximate surface area is 179 Å². The fourth-order valence-corrected chi connectivity index (χ4v) is 6.15. The number of amides is 1. The molecule has 2 aromatic carbocycles. The smallest absolute Gasteiger partial charge is 0.251 e. The van der Waals surface area contributed by atoms with Gasteiger partial charge in [-0.3, -0.25) is 4.79 Å². The predicted octanol–water partition coefficient (Wildman–Crippen LogP) is 4.35. The van der Waals surface area contributed by atoms with E-state index >= 15 is 0 Å². The Balaban J connectivity index is 1.45. The maximum atomic E-state index is 12.9. The number of rotatable bonds is 6. The third-order valence-electron chi connectivity index (χ3n) is 6.54. The van der Waals surface area contributed by atoms with E-state index in [1.807, 2.05) is 31.2 Å². The molecule has 6 heteroatoms. The van der Waals surface area contributed by atoms with E-state index in [4.69, 9.17) is 0 Å². The first-order valence-electron chi connectivity index (χ1n) is 10.9. The lowest BCUT2D eigenvalue weighted by Gasteiger charge is -2.28. The van der Waals surface area contributed by atoms with Crippen LogP contribution >= 0.6 is 0 Å². The summed E-state index contributed by atoms with van der Waals surface area (Å²) in [6.45, 7) is 1.98. The molecule has 4 rings (SSSR count). The first kappa shape index (κ1) is 21.1. The van der Waals surface area contributed by atoms with Gasteiger partial charge in [0.2, 0.25) is 10.0 Å². The lowest BCUT2D eigenvalue weighted by atomic mass is 9.85. The average Bonchev–Trinajstić information content (AvgIpc) is 3.16. The van der Waals surface area contributed by atoms with E-state index in [2.05, 4.69) is 10.0 Å². The molecule has 0 aromatic heterocycles. The first-order valence-corrected chi connectivity index (χ1v) is 12.4. The second-order valence-electron chi connectivity index (χ2n) is 8.60. The van der Waals surface area contributed by atoms with Crippen molar-refractivity contribution in [1.82, 2.24) is 10.0 Å². The van der Waals surface area contributed by atoms with Gasteiger partial charge in [0.05, 0.1) is 10.9 Å². The summed E-state index contributed by atoms with van der Waals surface area (Å²) >= 11 is 0. The van der Waals surface area contributed by atoms with E-state index < -0.39 is 10.0 Å². The topological polar surface area (TPSA) is 75.3 Å². The number of nitrogens with one attached hydrogen (secondary N) is 2. The summed E-state index contributed by atoms with van der Waals surface area (Å²) < 4.78 is 28.8. The molecule has 0 saturated heterocycles. The molecular formula is C24H30N2O3S. The summed E-state index contributed by atoms with van der Waals surface area (Å²) in [4.78, 5) is 12.8. The highest BCUT2D eigenvalue weighted by molar-refractivity contribution is 7.89. The second kappa shape index (κ2) is 8.90. The molecule has 2 aromatic rings. The van der Waals surface area contributed by atoms with Crippen molar-refractivity contribution < 1.29 is 13.2 Å². The van der Waals surface area contributed by atoms with Crippen LogP contribution in [-0.4, -0.2) is 20.4 Å². The zero-order chi connectivity index (χ0) is 21.1. The highest BCUT2D eigenvalue weighted by Crippen LogP contribution is 2.33. The molecular weight excluding hydrogens is 396 g/mol. The van der Waals surface area contributed by atoms with Gasteiger partial charge >= 0.3 is 0 Å². The standard InChI is InChI=1S/C24H30N2O3S/c1-17(18-8-4-2-5-9-18)26-30(28,29)21-13-14-22-20(16-21)12-15-23(22)25-24(27)19-10-6-3-7-11-19/h3,6-7,10-11,13-14,16-18,23,26H,2,4-5,8-9,12,15H2,1H3,(H,25,27)/t17?,23-/m0/s1. The molecule has 1 fully saturated rings. The molecule has 5 nitrogen and oxygen atoms in total. The maximum Gasteiger partial charge on any atom is 0.251 e. The molecule has 1 saturated carbocycles. The van der Waals surface area contributed by atoms with Crippen LogP contribution in [-0.2, 0) is 16.4 Å². The van der Waals surface area contributed by atoms with Crippen molar-refractivity contribution in [2.45, 2.75) is 68.8 Å². The fourth-order valence-electron chi connectivity index (χ4n) is 4.79. The number of hydrogen-bond donors (Lipinski definition) is 2. The fraction of sp³-hybridized carbons (Fsp3) is 0.458. The summed E-state index contributed by atoms with van der Waals surface area (Å²) in [6, 6.07) is 14.3. The lowest BCUT2D eigenvalue weighted by Crippen LogP contribution is -2.38. The van der Waals surface area contributed by atoms with Gasteiger partial charge in [0.15, 0.2) is 0 Å². The Morgan fingerprint density at radius 3 is 2.47 bits per heavy atom. The lowest BCUT2D eigenvalue weighted by molar-refractivity contribution is 0.0936. The van der Waals surface area contributed by atoms with E-state index in [0.29, 0.717) is 16.4 Å². The van der Waals surface area contributed by atoms with E-state index in [1.54, 1.807) is 24.3 Å². The molecule has 0 radical (unpaired) electrons. The normalized spacial score (nSPS) is 20.5. The van der Waals surface area contributed by atoms with Gasteiger partial charge in [-0.2, -0.15) is 0 Å². The highest BCUT2D eigenvalue weighted by atomic mass is 32.2. The molecule has 2 aliphatic carbocycles. The van der Waals surface area contributed by atoms with Crippen LogP contribution in [0.2, 0.25) is 0 Å². The molecule has 0 aliphatic heterocycles. The highest BCUT2D eigenvalue weighted by Gasteiger charge is 2.28. The van der Waals surface area contributed by atoms with Gasteiger partial charge in [-0.15, -0.1) is 0 Å². The van der Waals surface area contributed by atoms with Crippen molar-refractivity contribution in [3.05, 3.63) is 65.2 Å². The Kier molecular flexibility index (Phi) is 6.25.